The van der Waals surface area contributed by atoms with Crippen molar-refractivity contribution < 1.29 is 14.6 Å². The second kappa shape index (κ2) is 6.89. The van der Waals surface area contributed by atoms with Gasteiger partial charge in [-0.25, -0.2) is 0 Å². The molecule has 0 aliphatic carbocycles. The maximum Gasteiger partial charge on any atom is 0.251 e. The molecule has 1 aliphatic heterocycles. The Hall–Kier alpha value is -1.59. The number of amides is 1. The van der Waals surface area contributed by atoms with Crippen LogP contribution in [0, 0.1) is 0 Å². The Kier molecular flexibility index (Phi) is 5.32. The summed E-state index contributed by atoms with van der Waals surface area (Å²) in [6.45, 7) is 9.89. The highest BCUT2D eigenvalue weighted by Crippen LogP contribution is 2.37. The molecule has 1 saturated heterocycles. The van der Waals surface area contributed by atoms with Crippen molar-refractivity contribution in [3.8, 4) is 5.75 Å². The molecular formula is C18H28N2O3. The van der Waals surface area contributed by atoms with E-state index >= 15 is 0 Å². The molecule has 0 spiro atoms. The number of nitrogens with one attached hydrogen (secondary N) is 2. The van der Waals surface area contributed by atoms with Crippen LogP contribution in [0.5, 0.6) is 5.75 Å². The van der Waals surface area contributed by atoms with Gasteiger partial charge in [0.05, 0.1) is 11.2 Å². The minimum Gasteiger partial charge on any atom is -0.508 e. The zero-order valence-corrected chi connectivity index (χ0v) is 14.5. The summed E-state index contributed by atoms with van der Waals surface area (Å²) in [6.07, 6.45) is 1.83. The van der Waals surface area contributed by atoms with Crippen molar-refractivity contribution in [3.63, 3.8) is 0 Å². The minimum absolute atomic E-state index is 0.0926. The number of aromatic hydroxyl groups is 1. The fraction of sp³-hybridized carbons (Fsp3) is 0.611. The molecule has 128 valence electrons. The number of ether oxygens (including phenoxy) is 1. The highest BCUT2D eigenvalue weighted by atomic mass is 16.5. The summed E-state index contributed by atoms with van der Waals surface area (Å²) >= 11 is 0. The monoisotopic (exact) mass is 320 g/mol. The van der Waals surface area contributed by atoms with E-state index in [0.717, 1.165) is 19.4 Å². The maximum atomic E-state index is 11.9. The van der Waals surface area contributed by atoms with Gasteiger partial charge in [0.25, 0.3) is 5.91 Å². The quantitative estimate of drug-likeness (QED) is 0.704. The Bertz CT molecular complexity index is 555. The number of benzene rings is 1. The van der Waals surface area contributed by atoms with Gasteiger partial charge in [0.2, 0.25) is 0 Å². The van der Waals surface area contributed by atoms with Crippen molar-refractivity contribution in [1.82, 2.24) is 10.6 Å². The van der Waals surface area contributed by atoms with Crippen molar-refractivity contribution >= 4 is 5.91 Å². The second-order valence-corrected chi connectivity index (χ2v) is 7.34. The van der Waals surface area contributed by atoms with E-state index in [2.05, 4.69) is 38.3 Å². The van der Waals surface area contributed by atoms with Crippen LogP contribution in [0.4, 0.5) is 0 Å². The number of hydrogen-bond acceptors (Lipinski definition) is 4. The first-order valence-electron chi connectivity index (χ1n) is 8.20. The molecule has 2 rings (SSSR count). The van der Waals surface area contributed by atoms with Crippen molar-refractivity contribution in [2.24, 2.45) is 0 Å². The van der Waals surface area contributed by atoms with Crippen LogP contribution in [-0.4, -0.2) is 41.3 Å². The molecule has 5 heteroatoms. The van der Waals surface area contributed by atoms with Crippen LogP contribution in [0.3, 0.4) is 0 Å². The number of phenolic OH excluding ortho intramolecular Hbond substituents is 1. The third-order valence-corrected chi connectivity index (χ3v) is 4.21. The zero-order valence-electron chi connectivity index (χ0n) is 14.5. The Morgan fingerprint density at radius 3 is 2.65 bits per heavy atom. The zero-order chi connectivity index (χ0) is 17.1. The van der Waals surface area contributed by atoms with Crippen LogP contribution in [0.15, 0.2) is 24.3 Å². The Morgan fingerprint density at radius 2 is 2.04 bits per heavy atom. The van der Waals surface area contributed by atoms with Crippen LogP contribution in [-0.2, 0) is 4.74 Å². The third-order valence-electron chi connectivity index (χ3n) is 4.21. The van der Waals surface area contributed by atoms with E-state index in [1.807, 2.05) is 0 Å². The highest BCUT2D eigenvalue weighted by Gasteiger charge is 2.45. The van der Waals surface area contributed by atoms with E-state index in [1.165, 1.54) is 6.07 Å². The summed E-state index contributed by atoms with van der Waals surface area (Å²) in [6, 6.07) is 6.69. The molecule has 3 N–H and O–H groups in total. The van der Waals surface area contributed by atoms with Gasteiger partial charge in [0, 0.05) is 18.2 Å². The summed E-state index contributed by atoms with van der Waals surface area (Å²) < 4.78 is 6.06. The molecule has 0 saturated carbocycles. The second-order valence-electron chi connectivity index (χ2n) is 7.34. The summed E-state index contributed by atoms with van der Waals surface area (Å²) in [5.41, 5.74) is 0.212. The van der Waals surface area contributed by atoms with Gasteiger partial charge >= 0.3 is 0 Å². The highest BCUT2D eigenvalue weighted by molar-refractivity contribution is 5.94. The van der Waals surface area contributed by atoms with Gasteiger partial charge in [-0.1, -0.05) is 6.07 Å². The average Bonchev–Trinajstić information content (AvgIpc) is 2.65. The van der Waals surface area contributed by atoms with Crippen molar-refractivity contribution in [1.29, 1.82) is 0 Å². The summed E-state index contributed by atoms with van der Waals surface area (Å²) in [4.78, 5) is 11.9. The number of carbonyl (C=O) groups is 1. The third kappa shape index (κ3) is 4.94. The molecule has 1 aliphatic rings. The molecule has 1 fully saturated rings. The van der Waals surface area contributed by atoms with Gasteiger partial charge in [0.1, 0.15) is 5.75 Å². The van der Waals surface area contributed by atoms with Crippen LogP contribution in [0.25, 0.3) is 0 Å². The Labute approximate surface area is 138 Å². The number of rotatable bonds is 6. The fourth-order valence-corrected chi connectivity index (χ4v) is 3.20. The first kappa shape index (κ1) is 17.8. The van der Waals surface area contributed by atoms with Gasteiger partial charge in [0.15, 0.2) is 0 Å². The molecule has 1 heterocycles. The standard InChI is InChI=1S/C18H28N2O3/c1-17(2)12-15(18(3,4)23-17)19-9-6-10-20-16(22)13-7-5-8-14(21)11-13/h5,7-8,11,15,19,21H,6,9-10,12H2,1-4H3,(H,20,22)/t15-/m1/s1. The van der Waals surface area contributed by atoms with E-state index in [9.17, 15) is 9.90 Å². The van der Waals surface area contributed by atoms with Crippen LogP contribution in [0.1, 0.15) is 50.9 Å². The van der Waals surface area contributed by atoms with Crippen LogP contribution >= 0.6 is 0 Å². The largest absolute Gasteiger partial charge is 0.508 e. The number of hydrogen-bond donors (Lipinski definition) is 3. The molecule has 5 nitrogen and oxygen atoms in total. The van der Waals surface area contributed by atoms with Crippen LogP contribution < -0.4 is 10.6 Å². The normalized spacial score (nSPS) is 22.0. The first-order valence-corrected chi connectivity index (χ1v) is 8.20. The van der Waals surface area contributed by atoms with Gasteiger partial charge in [-0.2, -0.15) is 0 Å². The summed E-state index contributed by atoms with van der Waals surface area (Å²) in [5, 5.41) is 15.8. The molecule has 0 unspecified atom stereocenters. The van der Waals surface area contributed by atoms with E-state index < -0.39 is 0 Å². The van der Waals surface area contributed by atoms with Crippen LogP contribution in [0.2, 0.25) is 0 Å². The van der Waals surface area contributed by atoms with E-state index in [1.54, 1.807) is 18.2 Å². The molecule has 1 atom stereocenters. The first-order chi connectivity index (χ1) is 10.7. The lowest BCUT2D eigenvalue weighted by Crippen LogP contribution is -2.44. The van der Waals surface area contributed by atoms with Crippen molar-refractivity contribution in [2.45, 2.75) is 57.8 Å². The lowest BCUT2D eigenvalue weighted by atomic mass is 9.94. The predicted octanol–water partition coefficient (Wildman–Crippen LogP) is 2.45. The lowest BCUT2D eigenvalue weighted by molar-refractivity contribution is -0.0697. The average molecular weight is 320 g/mol. The SMILES string of the molecule is CC1(C)C[C@@H](NCCCNC(=O)c2cccc(O)c2)C(C)(C)O1. The molecular weight excluding hydrogens is 292 g/mol. The van der Waals surface area contributed by atoms with Crippen molar-refractivity contribution in [3.05, 3.63) is 29.8 Å². The maximum absolute atomic E-state index is 11.9. The van der Waals surface area contributed by atoms with E-state index in [0.29, 0.717) is 18.2 Å². The molecule has 0 aromatic heterocycles. The molecule has 0 radical (unpaired) electrons. The molecule has 23 heavy (non-hydrogen) atoms. The van der Waals surface area contributed by atoms with Gasteiger partial charge in [-0.05, 0) is 65.3 Å². The Morgan fingerprint density at radius 1 is 1.30 bits per heavy atom. The minimum atomic E-state index is -0.172. The number of carbonyl (C=O) groups excluding carboxylic acids is 1. The lowest BCUT2D eigenvalue weighted by Gasteiger charge is -2.27. The summed E-state index contributed by atoms with van der Waals surface area (Å²) in [7, 11) is 0. The van der Waals surface area contributed by atoms with E-state index in [-0.39, 0.29) is 22.9 Å². The van der Waals surface area contributed by atoms with Crippen molar-refractivity contribution in [2.75, 3.05) is 13.1 Å². The molecule has 1 aromatic rings. The van der Waals surface area contributed by atoms with Gasteiger partial charge in [-0.15, -0.1) is 0 Å². The molecule has 1 amide bonds. The number of phenols is 1. The Balaban J connectivity index is 1.69. The van der Waals surface area contributed by atoms with Gasteiger partial charge < -0.3 is 20.5 Å². The topological polar surface area (TPSA) is 70.6 Å². The smallest absolute Gasteiger partial charge is 0.251 e. The predicted molar refractivity (Wildman–Crippen MR) is 90.7 cm³/mol. The fourth-order valence-electron chi connectivity index (χ4n) is 3.20. The molecule has 0 bridgehead atoms. The molecule has 1 aromatic carbocycles. The summed E-state index contributed by atoms with van der Waals surface area (Å²) in [5.74, 6) is -0.0584. The van der Waals surface area contributed by atoms with E-state index in [4.69, 9.17) is 4.74 Å². The van der Waals surface area contributed by atoms with Gasteiger partial charge in [-0.3, -0.25) is 4.79 Å².